The van der Waals surface area contributed by atoms with Gasteiger partial charge in [0.05, 0.1) is 11.8 Å². The SMILES string of the molecule is CCN(CC)c1ccc(N(CC)CC)c(N2CCN(C(=O)C3CCCN3C(=O)CC#N)CC2)n1. The van der Waals surface area contributed by atoms with Gasteiger partial charge in [-0.15, -0.1) is 0 Å². The predicted molar refractivity (Wildman–Crippen MR) is 135 cm³/mol. The third kappa shape index (κ3) is 5.37. The van der Waals surface area contributed by atoms with E-state index in [9.17, 15) is 9.59 Å². The van der Waals surface area contributed by atoms with Crippen LogP contribution in [0.25, 0.3) is 0 Å². The first-order chi connectivity index (χ1) is 16.5. The van der Waals surface area contributed by atoms with Crippen LogP contribution < -0.4 is 14.7 Å². The van der Waals surface area contributed by atoms with E-state index in [0.29, 0.717) is 39.1 Å². The van der Waals surface area contributed by atoms with Gasteiger partial charge in [0, 0.05) is 58.9 Å². The van der Waals surface area contributed by atoms with Crippen LogP contribution in [0.5, 0.6) is 0 Å². The second-order valence-electron chi connectivity index (χ2n) is 8.75. The van der Waals surface area contributed by atoms with Crippen molar-refractivity contribution in [3.8, 4) is 6.07 Å². The Morgan fingerprint density at radius 1 is 1.00 bits per heavy atom. The van der Waals surface area contributed by atoms with Gasteiger partial charge in [0.25, 0.3) is 0 Å². The maximum atomic E-state index is 13.3. The molecule has 1 atom stereocenters. The minimum absolute atomic E-state index is 0.0113. The van der Waals surface area contributed by atoms with Crippen LogP contribution in [0.3, 0.4) is 0 Å². The van der Waals surface area contributed by atoms with Crippen molar-refractivity contribution in [1.82, 2.24) is 14.8 Å². The second-order valence-corrected chi connectivity index (χ2v) is 8.75. The van der Waals surface area contributed by atoms with E-state index in [-0.39, 0.29) is 18.2 Å². The lowest BCUT2D eigenvalue weighted by molar-refractivity contribution is -0.143. The summed E-state index contributed by atoms with van der Waals surface area (Å²) in [6.07, 6.45) is 1.32. The lowest BCUT2D eigenvalue weighted by Crippen LogP contribution is -2.54. The molecule has 2 fully saturated rings. The van der Waals surface area contributed by atoms with Gasteiger partial charge in [-0.1, -0.05) is 0 Å². The number of amides is 2. The van der Waals surface area contributed by atoms with Crippen molar-refractivity contribution in [2.45, 2.75) is 53.0 Å². The van der Waals surface area contributed by atoms with Crippen LogP contribution in [-0.2, 0) is 9.59 Å². The average Bonchev–Trinajstić information content (AvgIpc) is 3.36. The van der Waals surface area contributed by atoms with E-state index in [4.69, 9.17) is 10.2 Å². The Morgan fingerprint density at radius 3 is 2.24 bits per heavy atom. The zero-order valence-electron chi connectivity index (χ0n) is 21.2. The summed E-state index contributed by atoms with van der Waals surface area (Å²) in [6, 6.07) is 5.77. The van der Waals surface area contributed by atoms with Gasteiger partial charge in [-0.3, -0.25) is 9.59 Å². The van der Waals surface area contributed by atoms with E-state index in [2.05, 4.69) is 54.5 Å². The van der Waals surface area contributed by atoms with Crippen molar-refractivity contribution in [3.05, 3.63) is 12.1 Å². The molecule has 2 amide bonds. The molecule has 1 aromatic rings. The lowest BCUT2D eigenvalue weighted by Gasteiger charge is -2.39. The number of likely N-dealkylation sites (tertiary alicyclic amines) is 1. The Labute approximate surface area is 203 Å². The summed E-state index contributed by atoms with van der Waals surface area (Å²) in [6.45, 7) is 15.4. The molecule has 3 rings (SSSR count). The van der Waals surface area contributed by atoms with Crippen LogP contribution in [0.2, 0.25) is 0 Å². The van der Waals surface area contributed by atoms with Gasteiger partial charge in [-0.05, 0) is 52.7 Å². The molecular formula is C25H39N7O2. The van der Waals surface area contributed by atoms with Gasteiger partial charge < -0.3 is 24.5 Å². The van der Waals surface area contributed by atoms with Crippen LogP contribution in [0.15, 0.2) is 12.1 Å². The first-order valence-electron chi connectivity index (χ1n) is 12.7. The van der Waals surface area contributed by atoms with Crippen molar-refractivity contribution in [3.63, 3.8) is 0 Å². The molecule has 34 heavy (non-hydrogen) atoms. The highest BCUT2D eigenvalue weighted by atomic mass is 16.2. The minimum Gasteiger partial charge on any atom is -0.369 e. The molecule has 1 unspecified atom stereocenters. The maximum absolute atomic E-state index is 13.3. The number of piperazine rings is 1. The number of rotatable bonds is 9. The fourth-order valence-corrected chi connectivity index (χ4v) is 5.04. The first kappa shape index (κ1) is 25.6. The number of carbonyl (C=O) groups is 2. The van der Waals surface area contributed by atoms with E-state index < -0.39 is 6.04 Å². The van der Waals surface area contributed by atoms with Crippen LogP contribution in [0.4, 0.5) is 17.3 Å². The van der Waals surface area contributed by atoms with Gasteiger partial charge in [0.1, 0.15) is 18.3 Å². The molecule has 0 saturated carbocycles. The zero-order chi connectivity index (χ0) is 24.7. The summed E-state index contributed by atoms with van der Waals surface area (Å²) in [5.74, 6) is 1.73. The number of anilines is 3. The third-order valence-corrected chi connectivity index (χ3v) is 7.01. The molecule has 2 saturated heterocycles. The summed E-state index contributed by atoms with van der Waals surface area (Å²) in [5, 5.41) is 8.88. The molecule has 186 valence electrons. The Kier molecular flexibility index (Phi) is 8.97. The Hall–Kier alpha value is -3.02. The van der Waals surface area contributed by atoms with E-state index in [0.717, 1.165) is 49.9 Å². The van der Waals surface area contributed by atoms with E-state index in [1.54, 1.807) is 4.90 Å². The van der Waals surface area contributed by atoms with Crippen LogP contribution in [-0.4, -0.2) is 91.5 Å². The summed E-state index contributed by atoms with van der Waals surface area (Å²) in [7, 11) is 0. The maximum Gasteiger partial charge on any atom is 0.245 e. The fourth-order valence-electron chi connectivity index (χ4n) is 5.04. The summed E-state index contributed by atoms with van der Waals surface area (Å²) in [5.41, 5.74) is 1.13. The highest BCUT2D eigenvalue weighted by molar-refractivity contribution is 5.89. The number of nitrogens with zero attached hydrogens (tertiary/aromatic N) is 7. The normalized spacial score (nSPS) is 18.1. The largest absolute Gasteiger partial charge is 0.369 e. The smallest absolute Gasteiger partial charge is 0.245 e. The predicted octanol–water partition coefficient (Wildman–Crippen LogP) is 2.33. The van der Waals surface area contributed by atoms with Gasteiger partial charge in [0.2, 0.25) is 11.8 Å². The topological polar surface area (TPSA) is 87.0 Å². The Balaban J connectivity index is 1.76. The number of carbonyl (C=O) groups excluding carboxylic acids is 2. The number of hydrogen-bond acceptors (Lipinski definition) is 7. The van der Waals surface area contributed by atoms with Crippen molar-refractivity contribution in [2.24, 2.45) is 0 Å². The van der Waals surface area contributed by atoms with Crippen molar-refractivity contribution >= 4 is 29.1 Å². The molecule has 2 aliphatic rings. The Bertz CT molecular complexity index is 884. The van der Waals surface area contributed by atoms with E-state index in [1.807, 2.05) is 11.0 Å². The Morgan fingerprint density at radius 2 is 1.65 bits per heavy atom. The highest BCUT2D eigenvalue weighted by Gasteiger charge is 2.37. The van der Waals surface area contributed by atoms with Crippen molar-refractivity contribution in [2.75, 3.05) is 73.6 Å². The van der Waals surface area contributed by atoms with Gasteiger partial charge in [-0.2, -0.15) is 5.26 Å². The summed E-state index contributed by atoms with van der Waals surface area (Å²) in [4.78, 5) is 41.0. The molecule has 0 radical (unpaired) electrons. The van der Waals surface area contributed by atoms with Crippen LogP contribution >= 0.6 is 0 Å². The molecule has 2 aliphatic heterocycles. The number of pyridine rings is 1. The molecule has 0 aliphatic carbocycles. The summed E-state index contributed by atoms with van der Waals surface area (Å²) < 4.78 is 0. The molecular weight excluding hydrogens is 430 g/mol. The number of hydrogen-bond donors (Lipinski definition) is 0. The number of nitriles is 1. The van der Waals surface area contributed by atoms with Gasteiger partial charge in [0.15, 0.2) is 5.82 Å². The molecule has 9 heteroatoms. The molecule has 0 spiro atoms. The fraction of sp³-hybridized carbons (Fsp3) is 0.680. The molecule has 1 aromatic heterocycles. The standard InChI is InChI=1S/C25H39N7O2/c1-5-28(6-2)20-11-12-22(29(7-3)8-4)27-24(20)30-16-18-31(19-17-30)25(34)21-10-9-15-32(21)23(33)13-14-26/h11-12,21H,5-10,13,15-19H2,1-4H3. The molecule has 9 nitrogen and oxygen atoms in total. The van der Waals surface area contributed by atoms with Crippen molar-refractivity contribution in [1.29, 1.82) is 5.26 Å². The van der Waals surface area contributed by atoms with Gasteiger partial charge in [-0.25, -0.2) is 4.98 Å². The molecule has 3 heterocycles. The minimum atomic E-state index is -0.428. The average molecular weight is 470 g/mol. The first-order valence-corrected chi connectivity index (χ1v) is 12.7. The molecule has 0 aromatic carbocycles. The number of aromatic nitrogens is 1. The quantitative estimate of drug-likeness (QED) is 0.549. The third-order valence-electron chi connectivity index (χ3n) is 7.01. The van der Waals surface area contributed by atoms with E-state index >= 15 is 0 Å². The highest BCUT2D eigenvalue weighted by Crippen LogP contribution is 2.31. The molecule has 0 bridgehead atoms. The van der Waals surface area contributed by atoms with Crippen LogP contribution in [0.1, 0.15) is 47.0 Å². The van der Waals surface area contributed by atoms with E-state index in [1.165, 1.54) is 0 Å². The zero-order valence-corrected chi connectivity index (χ0v) is 21.2. The monoisotopic (exact) mass is 469 g/mol. The van der Waals surface area contributed by atoms with Crippen molar-refractivity contribution < 1.29 is 9.59 Å². The van der Waals surface area contributed by atoms with Crippen LogP contribution in [0, 0.1) is 11.3 Å². The van der Waals surface area contributed by atoms with Gasteiger partial charge >= 0.3 is 0 Å². The molecule has 0 N–H and O–H groups in total. The lowest BCUT2D eigenvalue weighted by atomic mass is 10.1. The summed E-state index contributed by atoms with van der Waals surface area (Å²) >= 11 is 0. The second kappa shape index (κ2) is 11.9.